The van der Waals surface area contributed by atoms with E-state index in [-0.39, 0.29) is 6.04 Å². The highest BCUT2D eigenvalue weighted by atomic mass is 19.4. The minimum Gasteiger partial charge on any atom is -0.377 e. The Balaban J connectivity index is 1.62. The van der Waals surface area contributed by atoms with Crippen LogP contribution in [0.2, 0.25) is 0 Å². The molecule has 0 spiro atoms. The molecule has 158 valence electrons. The first-order valence-corrected chi connectivity index (χ1v) is 9.92. The molecule has 0 radical (unpaired) electrons. The van der Waals surface area contributed by atoms with Crippen molar-refractivity contribution < 1.29 is 17.9 Å². The number of nitrogens with zero attached hydrogens (tertiary/aromatic N) is 2. The molecular formula is C20H31F3N4O. The zero-order chi connectivity index (χ0) is 20.2. The van der Waals surface area contributed by atoms with E-state index in [1.165, 1.54) is 4.90 Å². The monoisotopic (exact) mass is 400 g/mol. The summed E-state index contributed by atoms with van der Waals surface area (Å²) in [6, 6.07) is 10.0. The Morgan fingerprint density at radius 3 is 2.75 bits per heavy atom. The second kappa shape index (κ2) is 11.9. The summed E-state index contributed by atoms with van der Waals surface area (Å²) >= 11 is 0. The highest BCUT2D eigenvalue weighted by Crippen LogP contribution is 2.19. The lowest BCUT2D eigenvalue weighted by molar-refractivity contribution is -0.143. The lowest BCUT2D eigenvalue weighted by Crippen LogP contribution is -2.45. The van der Waals surface area contributed by atoms with Gasteiger partial charge in [-0.1, -0.05) is 30.3 Å². The van der Waals surface area contributed by atoms with Crippen LogP contribution >= 0.6 is 0 Å². The number of guanidine groups is 1. The first-order valence-electron chi connectivity index (χ1n) is 9.92. The van der Waals surface area contributed by atoms with Crippen molar-refractivity contribution in [3.8, 4) is 0 Å². The van der Waals surface area contributed by atoms with Crippen LogP contribution in [0.25, 0.3) is 0 Å². The van der Waals surface area contributed by atoms with Crippen molar-refractivity contribution in [2.45, 2.75) is 45.0 Å². The molecule has 0 aromatic heterocycles. The van der Waals surface area contributed by atoms with Gasteiger partial charge in [0, 0.05) is 38.8 Å². The number of hydrogen-bond acceptors (Lipinski definition) is 3. The first kappa shape index (κ1) is 22.5. The summed E-state index contributed by atoms with van der Waals surface area (Å²) < 4.78 is 43.2. The van der Waals surface area contributed by atoms with Crippen molar-refractivity contribution >= 4 is 5.96 Å². The molecule has 0 amide bonds. The molecule has 8 heteroatoms. The average molecular weight is 400 g/mol. The van der Waals surface area contributed by atoms with Crippen molar-refractivity contribution in [1.29, 1.82) is 0 Å². The second-order valence-corrected chi connectivity index (χ2v) is 6.99. The maximum absolute atomic E-state index is 12.5. The summed E-state index contributed by atoms with van der Waals surface area (Å²) in [6.45, 7) is 4.63. The Morgan fingerprint density at radius 2 is 2.04 bits per heavy atom. The number of halogens is 3. The lowest BCUT2D eigenvalue weighted by Gasteiger charge is -2.19. The summed E-state index contributed by atoms with van der Waals surface area (Å²) in [5.41, 5.74) is 1.16. The normalized spacial score (nSPS) is 18.4. The summed E-state index contributed by atoms with van der Waals surface area (Å²) in [7, 11) is 0. The third-order valence-corrected chi connectivity index (χ3v) is 4.44. The van der Waals surface area contributed by atoms with Crippen LogP contribution in [-0.2, 0) is 11.3 Å². The quantitative estimate of drug-likeness (QED) is 0.360. The Kier molecular flexibility index (Phi) is 9.57. The van der Waals surface area contributed by atoms with Crippen molar-refractivity contribution in [3.05, 3.63) is 35.9 Å². The molecule has 0 saturated carbocycles. The maximum Gasteiger partial charge on any atom is 0.401 e. The third-order valence-electron chi connectivity index (χ3n) is 4.44. The molecule has 1 heterocycles. The van der Waals surface area contributed by atoms with Crippen LogP contribution in [0.5, 0.6) is 0 Å². The van der Waals surface area contributed by atoms with E-state index in [0.29, 0.717) is 51.8 Å². The first-order chi connectivity index (χ1) is 13.5. The maximum atomic E-state index is 12.5. The number of nitrogens with one attached hydrogen (secondary N) is 2. The Labute approximate surface area is 165 Å². The zero-order valence-corrected chi connectivity index (χ0v) is 16.5. The standard InChI is InChI=1S/C20H31F3N4O/c1-2-24-19(26-18-10-12-27(14-18)16-20(21,22)23)25-11-6-7-13-28-15-17-8-4-3-5-9-17/h3-5,8-9,18H,2,6-7,10-16H2,1H3,(H2,24,25,26). The molecule has 2 N–H and O–H groups in total. The molecule has 28 heavy (non-hydrogen) atoms. The Bertz CT molecular complexity index is 581. The van der Waals surface area contributed by atoms with Crippen molar-refractivity contribution in [2.75, 3.05) is 39.3 Å². The predicted molar refractivity (Wildman–Crippen MR) is 105 cm³/mol. The van der Waals surface area contributed by atoms with Crippen LogP contribution in [0, 0.1) is 0 Å². The van der Waals surface area contributed by atoms with E-state index >= 15 is 0 Å². The van der Waals surface area contributed by atoms with Crippen molar-refractivity contribution in [2.24, 2.45) is 4.99 Å². The molecule has 5 nitrogen and oxygen atoms in total. The van der Waals surface area contributed by atoms with Crippen LogP contribution in [0.1, 0.15) is 31.7 Å². The molecule has 1 saturated heterocycles. The summed E-state index contributed by atoms with van der Waals surface area (Å²) in [5.74, 6) is 0.673. The number of ether oxygens (including phenoxy) is 1. The second-order valence-electron chi connectivity index (χ2n) is 6.99. The van der Waals surface area contributed by atoms with Gasteiger partial charge in [-0.15, -0.1) is 0 Å². The minimum atomic E-state index is -4.14. The molecule has 1 aliphatic heterocycles. The number of aliphatic imine (C=N–C) groups is 1. The van der Waals surface area contributed by atoms with E-state index in [9.17, 15) is 13.2 Å². The molecule has 1 fully saturated rings. The number of alkyl halides is 3. The van der Waals surface area contributed by atoms with Gasteiger partial charge in [-0.05, 0) is 31.7 Å². The molecule has 1 atom stereocenters. The molecule has 1 aliphatic rings. The fraction of sp³-hybridized carbons (Fsp3) is 0.650. The summed E-state index contributed by atoms with van der Waals surface area (Å²) in [5, 5.41) is 6.42. The van der Waals surface area contributed by atoms with E-state index in [1.54, 1.807) is 0 Å². The van der Waals surface area contributed by atoms with Gasteiger partial charge >= 0.3 is 6.18 Å². The Morgan fingerprint density at radius 1 is 1.25 bits per heavy atom. The topological polar surface area (TPSA) is 48.9 Å². The summed E-state index contributed by atoms with van der Waals surface area (Å²) in [6.07, 6.45) is -1.64. The molecule has 2 rings (SSSR count). The van der Waals surface area contributed by atoms with Gasteiger partial charge in [0.15, 0.2) is 5.96 Å². The number of likely N-dealkylation sites (tertiary alicyclic amines) is 1. The smallest absolute Gasteiger partial charge is 0.377 e. The lowest BCUT2D eigenvalue weighted by atomic mass is 10.2. The molecule has 1 aromatic rings. The predicted octanol–water partition coefficient (Wildman–Crippen LogP) is 3.18. The van der Waals surface area contributed by atoms with Crippen LogP contribution < -0.4 is 10.6 Å². The van der Waals surface area contributed by atoms with E-state index in [4.69, 9.17) is 4.74 Å². The minimum absolute atomic E-state index is 0.00523. The Hall–Kier alpha value is -1.80. The van der Waals surface area contributed by atoms with Crippen LogP contribution in [0.15, 0.2) is 35.3 Å². The van der Waals surface area contributed by atoms with Crippen molar-refractivity contribution in [1.82, 2.24) is 15.5 Å². The van der Waals surface area contributed by atoms with Gasteiger partial charge in [-0.3, -0.25) is 9.89 Å². The van der Waals surface area contributed by atoms with E-state index in [1.807, 2.05) is 37.3 Å². The van der Waals surface area contributed by atoms with Gasteiger partial charge in [-0.25, -0.2) is 0 Å². The molecule has 1 unspecified atom stereocenters. The molecule has 0 bridgehead atoms. The molecule has 1 aromatic carbocycles. The van der Waals surface area contributed by atoms with Gasteiger partial charge in [0.25, 0.3) is 0 Å². The highest BCUT2D eigenvalue weighted by molar-refractivity contribution is 5.80. The van der Waals surface area contributed by atoms with Gasteiger partial charge in [0.2, 0.25) is 0 Å². The van der Waals surface area contributed by atoms with Gasteiger partial charge in [-0.2, -0.15) is 13.2 Å². The fourth-order valence-corrected chi connectivity index (χ4v) is 3.13. The van der Waals surface area contributed by atoms with Gasteiger partial charge < -0.3 is 15.4 Å². The molecular weight excluding hydrogens is 369 g/mol. The van der Waals surface area contributed by atoms with E-state index in [0.717, 1.165) is 18.4 Å². The van der Waals surface area contributed by atoms with E-state index < -0.39 is 12.7 Å². The number of unbranched alkanes of at least 4 members (excludes halogenated alkanes) is 1. The SMILES string of the molecule is CCNC(=NCCCCOCc1ccccc1)NC1CCN(CC(F)(F)F)C1. The third kappa shape index (κ3) is 9.41. The summed E-state index contributed by atoms with van der Waals surface area (Å²) in [4.78, 5) is 5.97. The van der Waals surface area contributed by atoms with Crippen molar-refractivity contribution in [3.63, 3.8) is 0 Å². The zero-order valence-electron chi connectivity index (χ0n) is 16.5. The fourth-order valence-electron chi connectivity index (χ4n) is 3.13. The van der Waals surface area contributed by atoms with Gasteiger partial charge in [0.05, 0.1) is 13.2 Å². The van der Waals surface area contributed by atoms with Crippen LogP contribution in [0.4, 0.5) is 13.2 Å². The highest BCUT2D eigenvalue weighted by Gasteiger charge is 2.34. The number of hydrogen-bond donors (Lipinski definition) is 2. The number of rotatable bonds is 10. The largest absolute Gasteiger partial charge is 0.401 e. The average Bonchev–Trinajstić information content (AvgIpc) is 3.06. The molecule has 0 aliphatic carbocycles. The van der Waals surface area contributed by atoms with Crippen LogP contribution in [0.3, 0.4) is 0 Å². The van der Waals surface area contributed by atoms with Gasteiger partial charge in [0.1, 0.15) is 0 Å². The van der Waals surface area contributed by atoms with Crippen LogP contribution in [-0.4, -0.2) is 62.4 Å². The number of benzene rings is 1. The van der Waals surface area contributed by atoms with E-state index in [2.05, 4.69) is 15.6 Å².